The Morgan fingerprint density at radius 1 is 1.18 bits per heavy atom. The van der Waals surface area contributed by atoms with Crippen molar-refractivity contribution in [2.75, 3.05) is 18.6 Å². The summed E-state index contributed by atoms with van der Waals surface area (Å²) in [6, 6.07) is 13.1. The Morgan fingerprint density at radius 2 is 1.91 bits per heavy atom. The van der Waals surface area contributed by atoms with Gasteiger partial charge in [0.05, 0.1) is 17.9 Å². The standard InChI is InChI=1S/C15H14N2O4S/c1-17-10-16-22(19,20)14-9-12(7-8-13(14)17)21-15(18)11-5-3-2-4-6-11/h2-9,16H,10H2,1H3. The van der Waals surface area contributed by atoms with Crippen LogP contribution in [0.5, 0.6) is 5.75 Å². The van der Waals surface area contributed by atoms with Crippen LogP contribution in [0.25, 0.3) is 0 Å². The Hall–Kier alpha value is -2.38. The second-order valence-electron chi connectivity index (χ2n) is 4.89. The minimum atomic E-state index is -3.58. The van der Waals surface area contributed by atoms with Crippen molar-refractivity contribution >= 4 is 21.7 Å². The van der Waals surface area contributed by atoms with E-state index in [0.29, 0.717) is 11.3 Å². The van der Waals surface area contributed by atoms with Crippen molar-refractivity contribution in [3.63, 3.8) is 0 Å². The third kappa shape index (κ3) is 2.68. The first-order valence-corrected chi connectivity index (χ1v) is 8.08. The number of fused-ring (bicyclic) bond motifs is 1. The maximum atomic E-state index is 12.0. The largest absolute Gasteiger partial charge is 0.423 e. The first-order chi connectivity index (χ1) is 10.5. The number of carbonyl (C=O) groups is 1. The van der Waals surface area contributed by atoms with Crippen LogP contribution in [0.2, 0.25) is 0 Å². The van der Waals surface area contributed by atoms with Gasteiger partial charge < -0.3 is 9.64 Å². The molecule has 0 saturated heterocycles. The van der Waals surface area contributed by atoms with Crippen LogP contribution in [-0.4, -0.2) is 28.1 Å². The molecule has 0 bridgehead atoms. The number of carbonyl (C=O) groups excluding carboxylic acids is 1. The van der Waals surface area contributed by atoms with Crippen molar-refractivity contribution in [1.29, 1.82) is 0 Å². The lowest BCUT2D eigenvalue weighted by atomic mass is 10.2. The molecule has 1 aliphatic rings. The minimum absolute atomic E-state index is 0.0969. The van der Waals surface area contributed by atoms with Crippen molar-refractivity contribution in [3.05, 3.63) is 54.1 Å². The maximum Gasteiger partial charge on any atom is 0.343 e. The predicted molar refractivity (Wildman–Crippen MR) is 81.4 cm³/mol. The van der Waals surface area contributed by atoms with E-state index in [1.54, 1.807) is 54.4 Å². The van der Waals surface area contributed by atoms with Gasteiger partial charge in [0.25, 0.3) is 0 Å². The molecule has 22 heavy (non-hydrogen) atoms. The average Bonchev–Trinajstić information content (AvgIpc) is 2.52. The molecule has 1 N–H and O–H groups in total. The number of hydrogen-bond donors (Lipinski definition) is 1. The smallest absolute Gasteiger partial charge is 0.343 e. The van der Waals surface area contributed by atoms with E-state index in [1.807, 2.05) is 0 Å². The minimum Gasteiger partial charge on any atom is -0.423 e. The number of nitrogens with zero attached hydrogens (tertiary/aromatic N) is 1. The highest BCUT2D eigenvalue weighted by Crippen LogP contribution is 2.31. The third-order valence-corrected chi connectivity index (χ3v) is 4.76. The second-order valence-corrected chi connectivity index (χ2v) is 6.62. The molecule has 0 unspecified atom stereocenters. The number of anilines is 1. The second kappa shape index (κ2) is 5.43. The number of esters is 1. The molecular formula is C15H14N2O4S. The molecule has 2 aromatic rings. The van der Waals surface area contributed by atoms with Crippen LogP contribution in [-0.2, 0) is 10.0 Å². The number of rotatable bonds is 2. The molecule has 3 rings (SSSR count). The number of nitrogens with one attached hydrogen (secondary N) is 1. The fraction of sp³-hybridized carbons (Fsp3) is 0.133. The van der Waals surface area contributed by atoms with Gasteiger partial charge in [0, 0.05) is 13.1 Å². The zero-order valence-electron chi connectivity index (χ0n) is 11.8. The Bertz CT molecular complexity index is 819. The summed E-state index contributed by atoms with van der Waals surface area (Å²) in [5.41, 5.74) is 0.969. The topological polar surface area (TPSA) is 75.7 Å². The molecule has 1 heterocycles. The van der Waals surface area contributed by atoms with Gasteiger partial charge in [-0.25, -0.2) is 13.2 Å². The molecule has 0 atom stereocenters. The maximum absolute atomic E-state index is 12.0. The summed E-state index contributed by atoms with van der Waals surface area (Å²) >= 11 is 0. The molecule has 0 spiro atoms. The average molecular weight is 318 g/mol. The fourth-order valence-electron chi connectivity index (χ4n) is 2.17. The number of hydrogen-bond acceptors (Lipinski definition) is 5. The number of sulfonamides is 1. The van der Waals surface area contributed by atoms with Crippen LogP contribution < -0.4 is 14.4 Å². The van der Waals surface area contributed by atoms with E-state index in [2.05, 4.69) is 4.72 Å². The van der Waals surface area contributed by atoms with Gasteiger partial charge in [0.1, 0.15) is 10.6 Å². The van der Waals surface area contributed by atoms with Gasteiger partial charge in [-0.05, 0) is 24.3 Å². The molecule has 1 aliphatic heterocycles. The zero-order valence-corrected chi connectivity index (χ0v) is 12.6. The lowest BCUT2D eigenvalue weighted by molar-refractivity contribution is 0.0734. The Kier molecular flexibility index (Phi) is 3.59. The molecule has 0 aliphatic carbocycles. The highest BCUT2D eigenvalue weighted by molar-refractivity contribution is 7.89. The van der Waals surface area contributed by atoms with Crippen molar-refractivity contribution in [1.82, 2.24) is 4.72 Å². The van der Waals surface area contributed by atoms with Crippen molar-refractivity contribution in [2.45, 2.75) is 4.90 Å². The van der Waals surface area contributed by atoms with Crippen molar-refractivity contribution in [2.24, 2.45) is 0 Å². The van der Waals surface area contributed by atoms with Crippen LogP contribution in [0, 0.1) is 0 Å². The Morgan fingerprint density at radius 3 is 2.64 bits per heavy atom. The van der Waals surface area contributed by atoms with Crippen LogP contribution in [0.1, 0.15) is 10.4 Å². The summed E-state index contributed by atoms with van der Waals surface area (Å²) in [4.78, 5) is 13.9. The van der Waals surface area contributed by atoms with Crippen LogP contribution in [0.4, 0.5) is 5.69 Å². The van der Waals surface area contributed by atoms with E-state index < -0.39 is 16.0 Å². The summed E-state index contributed by atoms with van der Waals surface area (Å²) in [6.45, 7) is 0.207. The van der Waals surface area contributed by atoms with Crippen LogP contribution in [0.3, 0.4) is 0 Å². The van der Waals surface area contributed by atoms with Gasteiger partial charge in [0.15, 0.2) is 0 Å². The van der Waals surface area contributed by atoms with Gasteiger partial charge in [-0.1, -0.05) is 18.2 Å². The fourth-order valence-corrected chi connectivity index (χ4v) is 3.46. The van der Waals surface area contributed by atoms with Gasteiger partial charge >= 0.3 is 5.97 Å². The molecule has 0 saturated carbocycles. The predicted octanol–water partition coefficient (Wildman–Crippen LogP) is 1.59. The Labute approximate surface area is 128 Å². The zero-order chi connectivity index (χ0) is 15.7. The molecule has 7 heteroatoms. The summed E-state index contributed by atoms with van der Waals surface area (Å²) in [5, 5.41) is 0. The summed E-state index contributed by atoms with van der Waals surface area (Å²) in [6.07, 6.45) is 0. The summed E-state index contributed by atoms with van der Waals surface area (Å²) < 4.78 is 31.8. The van der Waals surface area contributed by atoms with E-state index in [1.165, 1.54) is 6.07 Å². The molecular weight excluding hydrogens is 304 g/mol. The summed E-state index contributed by atoms with van der Waals surface area (Å²) in [7, 11) is -1.81. The molecule has 0 aromatic heterocycles. The molecule has 0 radical (unpaired) electrons. The monoisotopic (exact) mass is 318 g/mol. The molecule has 0 fully saturated rings. The lowest BCUT2D eigenvalue weighted by Crippen LogP contribution is -2.40. The number of benzene rings is 2. The third-order valence-electron chi connectivity index (χ3n) is 3.34. The van der Waals surface area contributed by atoms with Crippen molar-refractivity contribution < 1.29 is 17.9 Å². The van der Waals surface area contributed by atoms with Crippen molar-refractivity contribution in [3.8, 4) is 5.75 Å². The molecule has 114 valence electrons. The van der Waals surface area contributed by atoms with Gasteiger partial charge in [-0.2, -0.15) is 4.72 Å². The van der Waals surface area contributed by atoms with E-state index in [0.717, 1.165) is 0 Å². The highest BCUT2D eigenvalue weighted by atomic mass is 32.2. The first-order valence-electron chi connectivity index (χ1n) is 6.59. The molecule has 6 nitrogen and oxygen atoms in total. The van der Waals surface area contributed by atoms with E-state index in [-0.39, 0.29) is 17.3 Å². The summed E-state index contributed by atoms with van der Waals surface area (Å²) in [5.74, 6) is -0.344. The van der Waals surface area contributed by atoms with Gasteiger partial charge in [-0.3, -0.25) is 0 Å². The Balaban J connectivity index is 1.92. The molecule has 2 aromatic carbocycles. The number of ether oxygens (including phenoxy) is 1. The van der Waals surface area contributed by atoms with Gasteiger partial charge in [0.2, 0.25) is 10.0 Å². The van der Waals surface area contributed by atoms with E-state index >= 15 is 0 Å². The molecule has 0 amide bonds. The van der Waals surface area contributed by atoms with E-state index in [4.69, 9.17) is 4.74 Å². The normalized spacial score (nSPS) is 16.0. The van der Waals surface area contributed by atoms with Gasteiger partial charge in [-0.15, -0.1) is 0 Å². The lowest BCUT2D eigenvalue weighted by Gasteiger charge is -2.27. The van der Waals surface area contributed by atoms with Crippen LogP contribution in [0.15, 0.2) is 53.4 Å². The quantitative estimate of drug-likeness (QED) is 0.672. The first kappa shape index (κ1) is 14.6. The van der Waals surface area contributed by atoms with E-state index in [9.17, 15) is 13.2 Å². The van der Waals surface area contributed by atoms with Crippen LogP contribution >= 0.6 is 0 Å². The highest BCUT2D eigenvalue weighted by Gasteiger charge is 2.26. The SMILES string of the molecule is CN1CNS(=O)(=O)c2cc(OC(=O)c3ccccc3)ccc21.